The average molecular weight is 407 g/mol. The highest BCUT2D eigenvalue weighted by Gasteiger charge is 2.23. The molecule has 0 N–H and O–H groups in total. The smallest absolute Gasteiger partial charge is 0.101 e. The molecule has 0 radical (unpaired) electrons. The summed E-state index contributed by atoms with van der Waals surface area (Å²) in [5.41, 5.74) is 0. The zero-order chi connectivity index (χ0) is 21.0. The minimum atomic E-state index is 0.638. The Morgan fingerprint density at radius 1 is 0.483 bits per heavy atom. The van der Waals surface area contributed by atoms with E-state index in [2.05, 4.69) is 43.0 Å². The van der Waals surface area contributed by atoms with Gasteiger partial charge in [0.15, 0.2) is 0 Å². The third kappa shape index (κ3) is 13.3. The predicted molar refractivity (Wildman–Crippen MR) is 131 cm³/mol. The van der Waals surface area contributed by atoms with E-state index in [0.717, 1.165) is 6.54 Å². The van der Waals surface area contributed by atoms with Crippen LogP contribution in [0.3, 0.4) is 0 Å². The molecule has 1 aliphatic rings. The monoisotopic (exact) mass is 406 g/mol. The van der Waals surface area contributed by atoms with Crippen LogP contribution in [-0.2, 0) is 0 Å². The van der Waals surface area contributed by atoms with Crippen molar-refractivity contribution in [1.82, 2.24) is 9.80 Å². The van der Waals surface area contributed by atoms with Gasteiger partial charge in [0, 0.05) is 25.5 Å². The maximum Gasteiger partial charge on any atom is 0.101 e. The Bertz CT molecular complexity index is 366. The Hall–Kier alpha value is -0.660. The van der Waals surface area contributed by atoms with Gasteiger partial charge in [-0.15, -0.1) is 0 Å². The Balaban J connectivity index is 1.94. The predicted octanol–water partition coefficient (Wildman–Crippen LogP) is 8.87. The Morgan fingerprint density at radius 2 is 0.897 bits per heavy atom. The second-order valence-electron chi connectivity index (χ2n) is 9.29. The summed E-state index contributed by atoms with van der Waals surface area (Å²) in [5.74, 6) is 0. The van der Waals surface area contributed by atoms with Gasteiger partial charge in [-0.2, -0.15) is 0 Å². The largest absolute Gasteiger partial charge is 0.356 e. The summed E-state index contributed by atoms with van der Waals surface area (Å²) >= 11 is 0. The lowest BCUT2D eigenvalue weighted by molar-refractivity contribution is 0.142. The van der Waals surface area contributed by atoms with E-state index in [1.165, 1.54) is 129 Å². The fourth-order valence-electron chi connectivity index (χ4n) is 4.67. The molecule has 0 spiro atoms. The van der Waals surface area contributed by atoms with Crippen LogP contribution in [0.2, 0.25) is 0 Å². The van der Waals surface area contributed by atoms with Crippen molar-refractivity contribution in [2.45, 2.75) is 149 Å². The normalized spacial score (nSPS) is 16.3. The number of hydrogen-bond donors (Lipinski definition) is 0. The first-order valence-electron chi connectivity index (χ1n) is 13.5. The van der Waals surface area contributed by atoms with Gasteiger partial charge in [0.05, 0.1) is 0 Å². The van der Waals surface area contributed by atoms with Gasteiger partial charge >= 0.3 is 0 Å². The van der Waals surface area contributed by atoms with E-state index in [1.54, 1.807) is 0 Å². The Labute approximate surface area is 184 Å². The quantitative estimate of drug-likeness (QED) is 0.176. The maximum atomic E-state index is 2.62. The topological polar surface area (TPSA) is 6.48 Å². The SMILES string of the molecule is CCCCCCCCCCCCCCCCN1C=CN(CC)C1CCCCCC. The van der Waals surface area contributed by atoms with E-state index in [1.807, 2.05) is 0 Å². The van der Waals surface area contributed by atoms with Crippen molar-refractivity contribution in [2.75, 3.05) is 13.1 Å². The summed E-state index contributed by atoms with van der Waals surface area (Å²) in [6.07, 6.45) is 32.4. The third-order valence-electron chi connectivity index (χ3n) is 6.67. The molecular weight excluding hydrogens is 352 g/mol. The maximum absolute atomic E-state index is 2.62. The van der Waals surface area contributed by atoms with E-state index >= 15 is 0 Å². The van der Waals surface area contributed by atoms with Gasteiger partial charge in [-0.05, 0) is 26.2 Å². The number of rotatable bonds is 21. The summed E-state index contributed by atoms with van der Waals surface area (Å²) < 4.78 is 0. The van der Waals surface area contributed by atoms with Crippen LogP contribution in [0.4, 0.5) is 0 Å². The second-order valence-corrected chi connectivity index (χ2v) is 9.29. The highest BCUT2D eigenvalue weighted by molar-refractivity contribution is 4.96. The van der Waals surface area contributed by atoms with Crippen LogP contribution < -0.4 is 0 Å². The molecule has 0 aromatic carbocycles. The van der Waals surface area contributed by atoms with Gasteiger partial charge in [0.1, 0.15) is 6.17 Å². The van der Waals surface area contributed by atoms with Gasteiger partial charge in [-0.25, -0.2) is 0 Å². The van der Waals surface area contributed by atoms with Crippen molar-refractivity contribution in [3.8, 4) is 0 Å². The molecule has 1 atom stereocenters. The average Bonchev–Trinajstić information content (AvgIpc) is 3.13. The zero-order valence-electron chi connectivity index (χ0n) is 20.5. The Morgan fingerprint density at radius 3 is 1.38 bits per heavy atom. The highest BCUT2D eigenvalue weighted by Crippen LogP contribution is 2.22. The van der Waals surface area contributed by atoms with E-state index in [4.69, 9.17) is 0 Å². The van der Waals surface area contributed by atoms with E-state index in [0.29, 0.717) is 6.17 Å². The van der Waals surface area contributed by atoms with Gasteiger partial charge in [0.25, 0.3) is 0 Å². The second kappa shape index (κ2) is 19.3. The van der Waals surface area contributed by atoms with Crippen molar-refractivity contribution in [1.29, 1.82) is 0 Å². The molecule has 0 bridgehead atoms. The van der Waals surface area contributed by atoms with Crippen molar-refractivity contribution in [3.63, 3.8) is 0 Å². The van der Waals surface area contributed by atoms with E-state index < -0.39 is 0 Å². The van der Waals surface area contributed by atoms with Crippen LogP contribution in [0.25, 0.3) is 0 Å². The molecule has 0 saturated heterocycles. The van der Waals surface area contributed by atoms with Crippen LogP contribution in [0.1, 0.15) is 143 Å². The van der Waals surface area contributed by atoms with E-state index in [9.17, 15) is 0 Å². The fraction of sp³-hybridized carbons (Fsp3) is 0.926. The van der Waals surface area contributed by atoms with Crippen LogP contribution >= 0.6 is 0 Å². The van der Waals surface area contributed by atoms with Crippen molar-refractivity contribution < 1.29 is 0 Å². The highest BCUT2D eigenvalue weighted by atomic mass is 15.4. The molecule has 0 saturated carbocycles. The molecule has 0 aromatic heterocycles. The molecule has 1 aliphatic heterocycles. The molecule has 0 aromatic rings. The molecule has 29 heavy (non-hydrogen) atoms. The first-order chi connectivity index (χ1) is 14.3. The lowest BCUT2D eigenvalue weighted by Gasteiger charge is -2.32. The molecular formula is C27H54N2. The number of nitrogens with zero attached hydrogens (tertiary/aromatic N) is 2. The summed E-state index contributed by atoms with van der Waals surface area (Å²) in [5, 5.41) is 0. The third-order valence-corrected chi connectivity index (χ3v) is 6.67. The molecule has 0 aliphatic carbocycles. The van der Waals surface area contributed by atoms with Crippen LogP contribution in [0, 0.1) is 0 Å². The zero-order valence-corrected chi connectivity index (χ0v) is 20.5. The van der Waals surface area contributed by atoms with Crippen LogP contribution in [0.15, 0.2) is 12.4 Å². The van der Waals surface area contributed by atoms with Crippen LogP contribution in [0.5, 0.6) is 0 Å². The summed E-state index contributed by atoms with van der Waals surface area (Å²) in [4.78, 5) is 5.16. The standard InChI is InChI=1S/C27H54N2/c1-4-7-9-11-12-13-14-15-16-17-18-19-20-22-24-29-26-25-28(6-3)27(29)23-21-10-8-5-2/h25-27H,4-24H2,1-3H3. The molecule has 0 fully saturated rings. The lowest BCUT2D eigenvalue weighted by atomic mass is 10.0. The first kappa shape index (κ1) is 26.4. The van der Waals surface area contributed by atoms with Gasteiger partial charge in [-0.1, -0.05) is 117 Å². The van der Waals surface area contributed by atoms with Crippen molar-refractivity contribution >= 4 is 0 Å². The Kier molecular flexibility index (Phi) is 17.6. The van der Waals surface area contributed by atoms with Crippen LogP contribution in [-0.4, -0.2) is 29.1 Å². The van der Waals surface area contributed by atoms with Gasteiger partial charge in [-0.3, -0.25) is 0 Å². The number of unbranched alkanes of at least 4 members (excludes halogenated alkanes) is 16. The molecule has 1 rings (SSSR count). The summed E-state index contributed by atoms with van der Waals surface area (Å²) in [6.45, 7) is 9.29. The van der Waals surface area contributed by atoms with E-state index in [-0.39, 0.29) is 0 Å². The molecule has 2 nitrogen and oxygen atoms in total. The molecule has 1 unspecified atom stereocenters. The summed E-state index contributed by atoms with van der Waals surface area (Å²) in [6, 6.07) is 0. The minimum Gasteiger partial charge on any atom is -0.356 e. The van der Waals surface area contributed by atoms with Crippen molar-refractivity contribution in [2.24, 2.45) is 0 Å². The van der Waals surface area contributed by atoms with Gasteiger partial charge < -0.3 is 9.80 Å². The molecule has 0 amide bonds. The number of hydrogen-bond acceptors (Lipinski definition) is 2. The lowest BCUT2D eigenvalue weighted by Crippen LogP contribution is -2.38. The molecule has 2 heteroatoms. The minimum absolute atomic E-state index is 0.638. The summed E-state index contributed by atoms with van der Waals surface area (Å²) in [7, 11) is 0. The van der Waals surface area contributed by atoms with Crippen molar-refractivity contribution in [3.05, 3.63) is 12.4 Å². The molecule has 1 heterocycles. The van der Waals surface area contributed by atoms with Gasteiger partial charge in [0.2, 0.25) is 0 Å². The fourth-order valence-corrected chi connectivity index (χ4v) is 4.67. The molecule has 172 valence electrons. The first-order valence-corrected chi connectivity index (χ1v) is 13.5.